The highest BCUT2D eigenvalue weighted by Crippen LogP contribution is 2.39. The van der Waals surface area contributed by atoms with Gasteiger partial charge in [0.05, 0.1) is 17.8 Å². The number of H-pyrrole nitrogens is 1. The molecule has 0 amide bonds. The summed E-state index contributed by atoms with van der Waals surface area (Å²) in [4.78, 5) is 8.33. The number of aromatic amines is 1. The van der Waals surface area contributed by atoms with Gasteiger partial charge in [-0.1, -0.05) is 36.4 Å². The molecule has 5 aromatic rings. The van der Waals surface area contributed by atoms with Gasteiger partial charge in [0.1, 0.15) is 0 Å². The highest BCUT2D eigenvalue weighted by atomic mass is 16.3. The van der Waals surface area contributed by atoms with Crippen LogP contribution in [-0.4, -0.2) is 15.1 Å². The summed E-state index contributed by atoms with van der Waals surface area (Å²) in [5.41, 5.74) is 8.11. The lowest BCUT2D eigenvalue weighted by Crippen LogP contribution is -1.89. The summed E-state index contributed by atoms with van der Waals surface area (Å²) in [6.07, 6.45) is 4.15. The van der Waals surface area contributed by atoms with Crippen molar-refractivity contribution >= 4 is 32.6 Å². The molecule has 0 spiro atoms. The molecular weight excluding hydrogens is 332 g/mol. The maximum absolute atomic E-state index is 9.49. The lowest BCUT2D eigenvalue weighted by atomic mass is 9.97. The highest BCUT2D eigenvalue weighted by molar-refractivity contribution is 6.13. The number of hydrogen-bond acceptors (Lipinski definition) is 2. The van der Waals surface area contributed by atoms with Crippen LogP contribution in [0.25, 0.3) is 43.8 Å². The Morgan fingerprint density at radius 1 is 0.889 bits per heavy atom. The van der Waals surface area contributed by atoms with E-state index in [0.29, 0.717) is 0 Å². The Morgan fingerprint density at radius 3 is 2.67 bits per heavy atom. The minimum absolute atomic E-state index is 0.0510. The van der Waals surface area contributed by atoms with E-state index in [1.807, 2.05) is 18.3 Å². The summed E-state index contributed by atoms with van der Waals surface area (Å²) in [5.74, 6) is 0. The molecule has 0 radical (unpaired) electrons. The summed E-state index contributed by atoms with van der Waals surface area (Å²) in [6, 6.07) is 19.2. The van der Waals surface area contributed by atoms with Crippen molar-refractivity contribution in [2.75, 3.05) is 0 Å². The molecule has 1 aliphatic carbocycles. The molecule has 0 bridgehead atoms. The minimum Gasteiger partial charge on any atom is -0.392 e. The Balaban J connectivity index is 1.70. The fourth-order valence-corrected chi connectivity index (χ4v) is 4.63. The van der Waals surface area contributed by atoms with E-state index < -0.39 is 0 Å². The van der Waals surface area contributed by atoms with Crippen molar-refractivity contribution < 1.29 is 5.11 Å². The maximum atomic E-state index is 9.49. The predicted molar refractivity (Wildman–Crippen MR) is 110 cm³/mol. The molecule has 27 heavy (non-hydrogen) atoms. The van der Waals surface area contributed by atoms with Gasteiger partial charge in [0, 0.05) is 28.0 Å². The van der Waals surface area contributed by atoms with Crippen molar-refractivity contribution in [3.05, 3.63) is 77.5 Å². The standard InChI is InChI=1S/C24H18N2O/c27-13-14-4-9-21-20(12-14)19-10-11-25-23(24(19)26-21)18-8-7-16-6-5-15-2-1-3-17(18)22(15)16/h1-4,7-12,26-27H,5-6,13H2. The predicted octanol–water partition coefficient (Wildman–Crippen LogP) is 5.13. The van der Waals surface area contributed by atoms with Crippen molar-refractivity contribution in [3.8, 4) is 11.3 Å². The van der Waals surface area contributed by atoms with Crippen LogP contribution >= 0.6 is 0 Å². The van der Waals surface area contributed by atoms with Gasteiger partial charge in [-0.05, 0) is 58.5 Å². The Kier molecular flexibility index (Phi) is 3.00. The monoisotopic (exact) mass is 350 g/mol. The number of nitrogens with one attached hydrogen (secondary N) is 1. The molecule has 6 rings (SSSR count). The van der Waals surface area contributed by atoms with Crippen LogP contribution in [0.15, 0.2) is 60.8 Å². The van der Waals surface area contributed by atoms with E-state index in [1.165, 1.54) is 27.5 Å². The second-order valence-electron chi connectivity index (χ2n) is 7.36. The van der Waals surface area contributed by atoms with Gasteiger partial charge in [-0.2, -0.15) is 0 Å². The van der Waals surface area contributed by atoms with Crippen LogP contribution < -0.4 is 0 Å². The average Bonchev–Trinajstić information content (AvgIpc) is 3.30. The van der Waals surface area contributed by atoms with Crippen molar-refractivity contribution in [3.63, 3.8) is 0 Å². The smallest absolute Gasteiger partial charge is 0.0949 e. The summed E-state index contributed by atoms with van der Waals surface area (Å²) in [7, 11) is 0. The van der Waals surface area contributed by atoms with Gasteiger partial charge in [-0.3, -0.25) is 4.98 Å². The minimum atomic E-state index is 0.0510. The van der Waals surface area contributed by atoms with Gasteiger partial charge in [0.25, 0.3) is 0 Å². The number of pyridine rings is 1. The van der Waals surface area contributed by atoms with Crippen LogP contribution in [0.3, 0.4) is 0 Å². The summed E-state index contributed by atoms with van der Waals surface area (Å²) >= 11 is 0. The lowest BCUT2D eigenvalue weighted by molar-refractivity contribution is 0.282. The van der Waals surface area contributed by atoms with Crippen LogP contribution in [0, 0.1) is 0 Å². The second-order valence-corrected chi connectivity index (χ2v) is 7.36. The molecule has 0 saturated carbocycles. The molecule has 3 heteroatoms. The van der Waals surface area contributed by atoms with Crippen LogP contribution in [0.1, 0.15) is 16.7 Å². The van der Waals surface area contributed by atoms with Crippen molar-refractivity contribution in [2.45, 2.75) is 19.4 Å². The van der Waals surface area contributed by atoms with Crippen molar-refractivity contribution in [1.82, 2.24) is 9.97 Å². The number of aliphatic hydroxyl groups is 1. The quantitative estimate of drug-likeness (QED) is 0.464. The molecular formula is C24H18N2O. The molecule has 2 heterocycles. The van der Waals surface area contributed by atoms with E-state index in [4.69, 9.17) is 4.98 Å². The first-order valence-corrected chi connectivity index (χ1v) is 9.37. The molecule has 0 atom stereocenters. The largest absolute Gasteiger partial charge is 0.392 e. The van der Waals surface area contributed by atoms with E-state index in [1.54, 1.807) is 0 Å². The van der Waals surface area contributed by atoms with Gasteiger partial charge >= 0.3 is 0 Å². The van der Waals surface area contributed by atoms with Gasteiger partial charge in [-0.15, -0.1) is 0 Å². The Morgan fingerprint density at radius 2 is 1.78 bits per heavy atom. The Labute approximate surface area is 156 Å². The molecule has 2 N–H and O–H groups in total. The SMILES string of the molecule is OCc1ccc2[nH]c3c(-c4ccc5c6c(cccc46)CC5)nccc3c2c1. The van der Waals surface area contributed by atoms with E-state index in [9.17, 15) is 5.11 Å². The number of fused-ring (bicyclic) bond motifs is 3. The molecule has 130 valence electrons. The molecule has 0 unspecified atom stereocenters. The van der Waals surface area contributed by atoms with Crippen molar-refractivity contribution in [1.29, 1.82) is 0 Å². The summed E-state index contributed by atoms with van der Waals surface area (Å²) < 4.78 is 0. The zero-order valence-corrected chi connectivity index (χ0v) is 14.8. The van der Waals surface area contributed by atoms with E-state index in [2.05, 4.69) is 47.4 Å². The molecule has 3 aromatic carbocycles. The zero-order valence-electron chi connectivity index (χ0n) is 14.8. The van der Waals surface area contributed by atoms with Crippen LogP contribution in [-0.2, 0) is 19.4 Å². The van der Waals surface area contributed by atoms with Crippen LogP contribution in [0.4, 0.5) is 0 Å². The lowest BCUT2D eigenvalue weighted by Gasteiger charge is -2.09. The first-order valence-electron chi connectivity index (χ1n) is 9.37. The molecule has 3 nitrogen and oxygen atoms in total. The zero-order chi connectivity index (χ0) is 18.0. The fraction of sp³-hybridized carbons (Fsp3) is 0.125. The third-order valence-corrected chi connectivity index (χ3v) is 5.90. The highest BCUT2D eigenvalue weighted by Gasteiger charge is 2.19. The summed E-state index contributed by atoms with van der Waals surface area (Å²) in [5, 5.41) is 14.5. The Hall–Kier alpha value is -3.17. The fourth-order valence-electron chi connectivity index (χ4n) is 4.63. The first kappa shape index (κ1) is 14.9. The van der Waals surface area contributed by atoms with Crippen LogP contribution in [0.2, 0.25) is 0 Å². The number of aryl methyl sites for hydroxylation is 2. The molecule has 0 saturated heterocycles. The first-order chi connectivity index (χ1) is 13.3. The number of aromatic nitrogens is 2. The normalized spacial score (nSPS) is 13.2. The second kappa shape index (κ2) is 5.41. The maximum Gasteiger partial charge on any atom is 0.0949 e. The number of hydrogen-bond donors (Lipinski definition) is 2. The number of benzene rings is 3. The number of rotatable bonds is 2. The summed E-state index contributed by atoms with van der Waals surface area (Å²) in [6.45, 7) is 0.0510. The van der Waals surface area contributed by atoms with E-state index in [0.717, 1.165) is 45.9 Å². The van der Waals surface area contributed by atoms with Gasteiger partial charge < -0.3 is 10.1 Å². The Bertz CT molecular complexity index is 1350. The van der Waals surface area contributed by atoms with E-state index >= 15 is 0 Å². The third kappa shape index (κ3) is 2.03. The number of aliphatic hydroxyl groups excluding tert-OH is 1. The van der Waals surface area contributed by atoms with Crippen molar-refractivity contribution in [2.24, 2.45) is 0 Å². The molecule has 0 aliphatic heterocycles. The topological polar surface area (TPSA) is 48.9 Å². The number of nitrogens with zero attached hydrogens (tertiary/aromatic N) is 1. The van der Waals surface area contributed by atoms with Gasteiger partial charge in [0.15, 0.2) is 0 Å². The van der Waals surface area contributed by atoms with E-state index in [-0.39, 0.29) is 6.61 Å². The molecule has 1 aliphatic rings. The van der Waals surface area contributed by atoms with Crippen LogP contribution in [0.5, 0.6) is 0 Å². The molecule has 2 aromatic heterocycles. The van der Waals surface area contributed by atoms with Gasteiger partial charge in [-0.25, -0.2) is 0 Å². The third-order valence-electron chi connectivity index (χ3n) is 5.90. The molecule has 0 fully saturated rings. The van der Waals surface area contributed by atoms with Gasteiger partial charge in [0.2, 0.25) is 0 Å². The average molecular weight is 350 g/mol.